The van der Waals surface area contributed by atoms with Crippen LogP contribution in [0.3, 0.4) is 0 Å². The summed E-state index contributed by atoms with van der Waals surface area (Å²) in [7, 11) is 0. The summed E-state index contributed by atoms with van der Waals surface area (Å²) in [4.78, 5) is 17.1. The molecule has 0 radical (unpaired) electrons. The van der Waals surface area contributed by atoms with Crippen molar-refractivity contribution in [3.63, 3.8) is 0 Å². The Kier molecular flexibility index (Phi) is 6.08. The topological polar surface area (TPSA) is 54.3 Å². The molecule has 0 N–H and O–H groups in total. The summed E-state index contributed by atoms with van der Waals surface area (Å²) in [6, 6.07) is 14.8. The van der Waals surface area contributed by atoms with E-state index in [9.17, 15) is 4.79 Å². The third-order valence-electron chi connectivity index (χ3n) is 5.61. The van der Waals surface area contributed by atoms with E-state index < -0.39 is 0 Å². The molecular weight excluding hydrogens is 394 g/mol. The van der Waals surface area contributed by atoms with E-state index >= 15 is 0 Å². The van der Waals surface area contributed by atoms with Crippen LogP contribution in [0.4, 0.5) is 5.69 Å². The minimum atomic E-state index is 0.151. The minimum absolute atomic E-state index is 0.151. The zero-order valence-electron chi connectivity index (χ0n) is 17.7. The van der Waals surface area contributed by atoms with Crippen LogP contribution in [0.5, 0.6) is 0 Å². The van der Waals surface area contributed by atoms with Crippen LogP contribution in [0.25, 0.3) is 5.69 Å². The van der Waals surface area contributed by atoms with E-state index in [1.165, 1.54) is 34.1 Å². The third kappa shape index (κ3) is 4.51. The van der Waals surface area contributed by atoms with E-state index in [-0.39, 0.29) is 5.91 Å². The molecule has 0 aliphatic carbocycles. The average Bonchev–Trinajstić information content (AvgIpc) is 3.23. The second kappa shape index (κ2) is 8.92. The number of hydrogen-bond acceptors (Lipinski definition) is 5. The van der Waals surface area contributed by atoms with Gasteiger partial charge >= 0.3 is 0 Å². The molecule has 2 aromatic carbocycles. The predicted molar refractivity (Wildman–Crippen MR) is 122 cm³/mol. The molecule has 2 heterocycles. The van der Waals surface area contributed by atoms with Gasteiger partial charge in [-0.2, -0.15) is 0 Å². The average molecular weight is 422 g/mol. The minimum Gasteiger partial charge on any atom is -0.368 e. The number of carbonyl (C=O) groups excluding carboxylic acids is 1. The molecule has 0 atom stereocenters. The molecule has 6 nitrogen and oxygen atoms in total. The molecule has 0 spiro atoms. The lowest BCUT2D eigenvalue weighted by Gasteiger charge is -2.36. The Morgan fingerprint density at radius 1 is 0.967 bits per heavy atom. The van der Waals surface area contributed by atoms with E-state index in [0.29, 0.717) is 5.75 Å². The van der Waals surface area contributed by atoms with E-state index in [4.69, 9.17) is 0 Å². The van der Waals surface area contributed by atoms with Crippen molar-refractivity contribution in [2.75, 3.05) is 36.8 Å². The zero-order valence-corrected chi connectivity index (χ0v) is 18.5. The van der Waals surface area contributed by atoms with Crippen LogP contribution >= 0.6 is 11.8 Å². The highest BCUT2D eigenvalue weighted by atomic mass is 32.2. The molecule has 4 rings (SSSR count). The second-order valence-corrected chi connectivity index (χ2v) is 8.69. The van der Waals surface area contributed by atoms with Gasteiger partial charge < -0.3 is 9.80 Å². The van der Waals surface area contributed by atoms with Crippen LogP contribution < -0.4 is 4.90 Å². The van der Waals surface area contributed by atoms with E-state index in [1.807, 2.05) is 9.47 Å². The van der Waals surface area contributed by atoms with Gasteiger partial charge in [-0.05, 0) is 61.7 Å². The quantitative estimate of drug-likeness (QED) is 0.589. The number of benzene rings is 2. The van der Waals surface area contributed by atoms with Gasteiger partial charge in [-0.25, -0.2) is 0 Å². The van der Waals surface area contributed by atoms with Gasteiger partial charge in [-0.1, -0.05) is 30.0 Å². The van der Waals surface area contributed by atoms with Crippen LogP contribution in [0.2, 0.25) is 0 Å². The van der Waals surface area contributed by atoms with Gasteiger partial charge in [0.25, 0.3) is 0 Å². The molecule has 3 aromatic rings. The zero-order chi connectivity index (χ0) is 21.1. The lowest BCUT2D eigenvalue weighted by atomic mass is 10.1. The maximum atomic E-state index is 12.8. The van der Waals surface area contributed by atoms with Crippen LogP contribution in [-0.2, 0) is 4.79 Å². The van der Waals surface area contributed by atoms with Crippen LogP contribution in [0, 0.1) is 20.8 Å². The Labute approximate surface area is 181 Å². The number of piperazine rings is 1. The summed E-state index contributed by atoms with van der Waals surface area (Å²) in [5, 5.41) is 9.01. The second-order valence-electron chi connectivity index (χ2n) is 7.75. The van der Waals surface area contributed by atoms with Crippen molar-refractivity contribution in [1.82, 2.24) is 19.7 Å². The molecule has 0 saturated carbocycles. The highest BCUT2D eigenvalue weighted by molar-refractivity contribution is 7.99. The van der Waals surface area contributed by atoms with Crippen LogP contribution in [0.1, 0.15) is 16.7 Å². The number of hydrogen-bond donors (Lipinski definition) is 0. The highest BCUT2D eigenvalue weighted by Gasteiger charge is 2.22. The number of nitrogens with zero attached hydrogens (tertiary/aromatic N) is 5. The number of carbonyl (C=O) groups is 1. The smallest absolute Gasteiger partial charge is 0.233 e. The number of thioether (sulfide) groups is 1. The molecule has 1 fully saturated rings. The summed E-state index contributed by atoms with van der Waals surface area (Å²) in [6.45, 7) is 9.51. The van der Waals surface area contributed by atoms with Gasteiger partial charge in [0, 0.05) is 37.6 Å². The molecule has 1 aliphatic rings. The number of aryl methyl sites for hydroxylation is 3. The Bertz CT molecular complexity index is 1040. The van der Waals surface area contributed by atoms with Crippen molar-refractivity contribution in [2.24, 2.45) is 0 Å². The van der Waals surface area contributed by atoms with Crippen molar-refractivity contribution in [3.8, 4) is 5.69 Å². The maximum absolute atomic E-state index is 12.8. The normalized spacial score (nSPS) is 14.2. The van der Waals surface area contributed by atoms with E-state index in [0.717, 1.165) is 37.0 Å². The number of anilines is 1. The van der Waals surface area contributed by atoms with Crippen molar-refractivity contribution < 1.29 is 4.79 Å². The first kappa shape index (κ1) is 20.5. The van der Waals surface area contributed by atoms with Crippen molar-refractivity contribution in [3.05, 3.63) is 65.5 Å². The lowest BCUT2D eigenvalue weighted by molar-refractivity contribution is -0.128. The molecule has 1 saturated heterocycles. The maximum Gasteiger partial charge on any atom is 0.233 e. The largest absolute Gasteiger partial charge is 0.368 e. The monoisotopic (exact) mass is 421 g/mol. The number of rotatable bonds is 5. The first-order valence-corrected chi connectivity index (χ1v) is 11.2. The van der Waals surface area contributed by atoms with Crippen LogP contribution in [0.15, 0.2) is 53.9 Å². The fraction of sp³-hybridized carbons (Fsp3) is 0.348. The fourth-order valence-electron chi connectivity index (χ4n) is 3.63. The fourth-order valence-corrected chi connectivity index (χ4v) is 4.46. The van der Waals surface area contributed by atoms with Gasteiger partial charge in [0.1, 0.15) is 6.33 Å². The van der Waals surface area contributed by atoms with Crippen LogP contribution in [-0.4, -0.2) is 57.5 Å². The summed E-state index contributed by atoms with van der Waals surface area (Å²) in [5.74, 6) is 0.520. The molecule has 1 amide bonds. The first-order valence-electron chi connectivity index (χ1n) is 10.2. The molecule has 0 bridgehead atoms. The summed E-state index contributed by atoms with van der Waals surface area (Å²) >= 11 is 1.44. The van der Waals surface area contributed by atoms with Crippen molar-refractivity contribution in [1.29, 1.82) is 0 Å². The Morgan fingerprint density at radius 2 is 1.77 bits per heavy atom. The van der Waals surface area contributed by atoms with E-state index in [1.54, 1.807) is 6.33 Å². The molecule has 30 heavy (non-hydrogen) atoms. The standard InChI is InChI=1S/C23H27N5OS/c1-17-5-4-6-20(13-17)26-9-11-27(12-10-26)22(29)15-30-23-25-24-16-28(23)21-8-7-18(2)19(3)14-21/h4-8,13-14,16H,9-12,15H2,1-3H3. The van der Waals surface area contributed by atoms with E-state index in [2.05, 4.69) is 78.3 Å². The summed E-state index contributed by atoms with van der Waals surface area (Å²) < 4.78 is 1.94. The molecule has 156 valence electrons. The Morgan fingerprint density at radius 3 is 2.50 bits per heavy atom. The molecule has 7 heteroatoms. The SMILES string of the molecule is Cc1cccc(N2CCN(C(=O)CSc3nncn3-c3ccc(C)c(C)c3)CC2)c1. The van der Waals surface area contributed by atoms with Gasteiger partial charge in [0.05, 0.1) is 5.75 Å². The van der Waals surface area contributed by atoms with Crippen molar-refractivity contribution >= 4 is 23.4 Å². The Hall–Kier alpha value is -2.80. The predicted octanol–water partition coefficient (Wildman–Crippen LogP) is 3.63. The third-order valence-corrected chi connectivity index (χ3v) is 6.54. The van der Waals surface area contributed by atoms with Gasteiger partial charge in [0.15, 0.2) is 5.16 Å². The molecule has 0 unspecified atom stereocenters. The lowest BCUT2D eigenvalue weighted by Crippen LogP contribution is -2.49. The first-order chi connectivity index (χ1) is 14.5. The molecule has 1 aromatic heterocycles. The summed E-state index contributed by atoms with van der Waals surface area (Å²) in [6.07, 6.45) is 1.71. The molecule has 1 aliphatic heterocycles. The number of aromatic nitrogens is 3. The molecular formula is C23H27N5OS. The van der Waals surface area contributed by atoms with Gasteiger partial charge in [0.2, 0.25) is 5.91 Å². The summed E-state index contributed by atoms with van der Waals surface area (Å²) in [5.41, 5.74) is 5.98. The van der Waals surface area contributed by atoms with Gasteiger partial charge in [-0.3, -0.25) is 9.36 Å². The Balaban J connectivity index is 1.34. The number of amides is 1. The highest BCUT2D eigenvalue weighted by Crippen LogP contribution is 2.23. The van der Waals surface area contributed by atoms with Gasteiger partial charge in [-0.15, -0.1) is 10.2 Å². The van der Waals surface area contributed by atoms with Crippen molar-refractivity contribution in [2.45, 2.75) is 25.9 Å².